The molecule has 0 aliphatic rings. The first-order valence-electron chi connectivity index (χ1n) is 5.90. The van der Waals surface area contributed by atoms with Crippen LogP contribution in [0.4, 0.5) is 4.39 Å². The van der Waals surface area contributed by atoms with Crippen LogP contribution < -0.4 is 5.32 Å². The van der Waals surface area contributed by atoms with E-state index in [1.165, 1.54) is 12.3 Å². The molecule has 0 bridgehead atoms. The molecule has 0 saturated heterocycles. The maximum atomic E-state index is 12.6. The summed E-state index contributed by atoms with van der Waals surface area (Å²) in [6.45, 7) is 0.414. The van der Waals surface area contributed by atoms with Crippen LogP contribution in [0.5, 0.6) is 0 Å². The molecule has 0 fully saturated rings. The second-order valence-corrected chi connectivity index (χ2v) is 4.95. The lowest BCUT2D eigenvalue weighted by Crippen LogP contribution is -2.25. The van der Waals surface area contributed by atoms with E-state index in [0.717, 1.165) is 11.6 Å². The molecular weight excluding hydrogens is 302 g/mol. The Labute approximate surface area is 125 Å². The van der Waals surface area contributed by atoms with E-state index in [0.29, 0.717) is 28.6 Å². The van der Waals surface area contributed by atoms with Gasteiger partial charge in [0.2, 0.25) is 5.95 Å². The third-order valence-corrected chi connectivity index (χ3v) is 3.27. The fraction of sp³-hybridized carbons (Fsp3) is 0.143. The highest BCUT2D eigenvalue weighted by molar-refractivity contribution is 6.35. The van der Waals surface area contributed by atoms with E-state index in [4.69, 9.17) is 23.2 Å². The van der Waals surface area contributed by atoms with Crippen LogP contribution in [0.3, 0.4) is 0 Å². The van der Waals surface area contributed by atoms with Crippen LogP contribution in [-0.2, 0) is 6.42 Å². The zero-order valence-electron chi connectivity index (χ0n) is 10.4. The van der Waals surface area contributed by atoms with Crippen molar-refractivity contribution in [3.63, 3.8) is 0 Å². The van der Waals surface area contributed by atoms with E-state index in [-0.39, 0.29) is 5.91 Å². The number of hydrogen-bond acceptors (Lipinski definition) is 2. The van der Waals surface area contributed by atoms with Crippen molar-refractivity contribution in [2.45, 2.75) is 6.42 Å². The molecule has 104 valence electrons. The third-order valence-electron chi connectivity index (χ3n) is 2.68. The van der Waals surface area contributed by atoms with Crippen LogP contribution in [0.15, 0.2) is 36.5 Å². The molecule has 0 atom stereocenters. The van der Waals surface area contributed by atoms with Crippen LogP contribution in [0.2, 0.25) is 10.0 Å². The second kappa shape index (κ2) is 6.68. The number of rotatable bonds is 4. The average molecular weight is 313 g/mol. The predicted octanol–water partition coefficient (Wildman–Crippen LogP) is 3.50. The summed E-state index contributed by atoms with van der Waals surface area (Å²) in [5.41, 5.74) is 1.21. The number of nitrogens with one attached hydrogen (secondary N) is 1. The fourth-order valence-corrected chi connectivity index (χ4v) is 2.15. The van der Waals surface area contributed by atoms with Crippen molar-refractivity contribution in [3.05, 3.63) is 63.6 Å². The van der Waals surface area contributed by atoms with Crippen molar-refractivity contribution in [1.82, 2.24) is 10.3 Å². The van der Waals surface area contributed by atoms with E-state index in [1.807, 2.05) is 6.07 Å². The predicted molar refractivity (Wildman–Crippen MR) is 76.7 cm³/mol. The van der Waals surface area contributed by atoms with Crippen LogP contribution in [0.1, 0.15) is 15.9 Å². The van der Waals surface area contributed by atoms with Gasteiger partial charge in [-0.1, -0.05) is 29.3 Å². The number of amides is 1. The minimum absolute atomic E-state index is 0.303. The molecule has 2 aromatic rings. The molecular formula is C14H11Cl2FN2O. The summed E-state index contributed by atoms with van der Waals surface area (Å²) < 4.78 is 12.6. The first-order valence-corrected chi connectivity index (χ1v) is 6.65. The van der Waals surface area contributed by atoms with Gasteiger partial charge >= 0.3 is 0 Å². The van der Waals surface area contributed by atoms with Crippen LogP contribution >= 0.6 is 23.2 Å². The summed E-state index contributed by atoms with van der Waals surface area (Å²) in [4.78, 5) is 15.2. The molecule has 2 rings (SSSR count). The second-order valence-electron chi connectivity index (χ2n) is 4.11. The molecule has 6 heteroatoms. The Morgan fingerprint density at radius 2 is 2.05 bits per heavy atom. The number of hydrogen-bond donors (Lipinski definition) is 1. The zero-order valence-corrected chi connectivity index (χ0v) is 11.9. The summed E-state index contributed by atoms with van der Waals surface area (Å²) in [7, 11) is 0. The van der Waals surface area contributed by atoms with Crippen LogP contribution in [0.25, 0.3) is 0 Å². The number of benzene rings is 1. The average Bonchev–Trinajstić information content (AvgIpc) is 2.42. The first kappa shape index (κ1) is 14.8. The zero-order chi connectivity index (χ0) is 14.5. The molecule has 1 aromatic heterocycles. The molecule has 1 heterocycles. The maximum Gasteiger partial charge on any atom is 0.252 e. The number of halogens is 3. The van der Waals surface area contributed by atoms with E-state index in [1.54, 1.807) is 12.1 Å². The Bertz CT molecular complexity index is 617. The molecule has 20 heavy (non-hydrogen) atoms. The Hall–Kier alpha value is -1.65. The van der Waals surface area contributed by atoms with Gasteiger partial charge in [0.15, 0.2) is 0 Å². The minimum atomic E-state index is -0.616. The van der Waals surface area contributed by atoms with Crippen molar-refractivity contribution in [1.29, 1.82) is 0 Å². The lowest BCUT2D eigenvalue weighted by atomic mass is 10.1. The van der Waals surface area contributed by atoms with Gasteiger partial charge in [0, 0.05) is 22.8 Å². The Morgan fingerprint density at radius 3 is 2.70 bits per heavy atom. The van der Waals surface area contributed by atoms with Gasteiger partial charge in [-0.3, -0.25) is 4.79 Å². The van der Waals surface area contributed by atoms with Gasteiger partial charge < -0.3 is 5.32 Å². The van der Waals surface area contributed by atoms with Crippen LogP contribution in [0, 0.1) is 5.95 Å². The molecule has 3 nitrogen and oxygen atoms in total. The van der Waals surface area contributed by atoms with Crippen molar-refractivity contribution < 1.29 is 9.18 Å². The molecule has 0 spiro atoms. The summed E-state index contributed by atoms with van der Waals surface area (Å²) in [6, 6.07) is 7.74. The number of nitrogens with zero attached hydrogens (tertiary/aromatic N) is 1. The van der Waals surface area contributed by atoms with E-state index in [9.17, 15) is 9.18 Å². The minimum Gasteiger partial charge on any atom is -0.352 e. The van der Waals surface area contributed by atoms with E-state index < -0.39 is 5.95 Å². The first-order chi connectivity index (χ1) is 9.56. The molecule has 0 aliphatic carbocycles. The highest BCUT2D eigenvalue weighted by Crippen LogP contribution is 2.21. The smallest absolute Gasteiger partial charge is 0.252 e. The quantitative estimate of drug-likeness (QED) is 0.878. The largest absolute Gasteiger partial charge is 0.352 e. The Balaban J connectivity index is 1.89. The lowest BCUT2D eigenvalue weighted by Gasteiger charge is -2.07. The highest BCUT2D eigenvalue weighted by atomic mass is 35.5. The molecule has 0 aliphatic heterocycles. The molecule has 0 saturated carbocycles. The normalized spacial score (nSPS) is 10.3. The highest BCUT2D eigenvalue weighted by Gasteiger charge is 2.06. The monoisotopic (exact) mass is 312 g/mol. The van der Waals surface area contributed by atoms with Gasteiger partial charge in [-0.2, -0.15) is 4.39 Å². The van der Waals surface area contributed by atoms with Gasteiger partial charge in [-0.25, -0.2) is 4.98 Å². The Morgan fingerprint density at radius 1 is 1.25 bits per heavy atom. The molecule has 0 radical (unpaired) electrons. The number of carbonyl (C=O) groups excluding carboxylic acids is 1. The molecule has 1 N–H and O–H groups in total. The van der Waals surface area contributed by atoms with Crippen molar-refractivity contribution >= 4 is 29.1 Å². The standard InChI is InChI=1S/C14H11Cl2FN2O/c15-11-3-1-9(12(16)7-11)5-6-18-14(20)10-2-4-13(17)19-8-10/h1-4,7-8H,5-6H2,(H,18,20). The van der Waals surface area contributed by atoms with Gasteiger partial charge in [-0.15, -0.1) is 0 Å². The Kier molecular flexibility index (Phi) is 4.93. The molecule has 0 unspecified atom stereocenters. The summed E-state index contributed by atoms with van der Waals surface area (Å²) >= 11 is 11.8. The lowest BCUT2D eigenvalue weighted by molar-refractivity contribution is 0.0953. The third kappa shape index (κ3) is 3.92. The summed E-state index contributed by atoms with van der Waals surface area (Å²) in [5, 5.41) is 3.85. The summed E-state index contributed by atoms with van der Waals surface area (Å²) in [6.07, 6.45) is 1.77. The van der Waals surface area contributed by atoms with Crippen molar-refractivity contribution in [2.24, 2.45) is 0 Å². The number of carbonyl (C=O) groups is 1. The van der Waals surface area contributed by atoms with E-state index in [2.05, 4.69) is 10.3 Å². The van der Waals surface area contributed by atoms with Gasteiger partial charge in [0.25, 0.3) is 5.91 Å². The fourth-order valence-electron chi connectivity index (χ4n) is 1.65. The van der Waals surface area contributed by atoms with E-state index >= 15 is 0 Å². The van der Waals surface area contributed by atoms with Crippen molar-refractivity contribution in [2.75, 3.05) is 6.54 Å². The number of aromatic nitrogens is 1. The molecule has 1 amide bonds. The molecule has 1 aromatic carbocycles. The number of pyridine rings is 1. The SMILES string of the molecule is O=C(NCCc1ccc(Cl)cc1Cl)c1ccc(F)nc1. The van der Waals surface area contributed by atoms with Crippen LogP contribution in [-0.4, -0.2) is 17.4 Å². The van der Waals surface area contributed by atoms with Gasteiger partial charge in [0.05, 0.1) is 5.56 Å². The topological polar surface area (TPSA) is 42.0 Å². The van der Waals surface area contributed by atoms with Gasteiger partial charge in [0.1, 0.15) is 0 Å². The summed E-state index contributed by atoms with van der Waals surface area (Å²) in [5.74, 6) is -0.919. The maximum absolute atomic E-state index is 12.6. The van der Waals surface area contributed by atoms with Crippen molar-refractivity contribution in [3.8, 4) is 0 Å². The van der Waals surface area contributed by atoms with Gasteiger partial charge in [-0.05, 0) is 36.2 Å².